The van der Waals surface area contributed by atoms with Gasteiger partial charge in [0.1, 0.15) is 12.4 Å². The minimum Gasteiger partial charge on any atom is -0.490 e. The summed E-state index contributed by atoms with van der Waals surface area (Å²) in [5.74, 6) is 0.840. The maximum Gasteiger partial charge on any atom is 0.133 e. The molecule has 0 fully saturated rings. The van der Waals surface area contributed by atoms with Crippen LogP contribution >= 0.6 is 31.9 Å². The predicted octanol–water partition coefficient (Wildman–Crippen LogP) is 4.81. The zero-order valence-corrected chi connectivity index (χ0v) is 13.5. The zero-order chi connectivity index (χ0) is 13.5. The molecule has 0 N–H and O–H groups in total. The van der Waals surface area contributed by atoms with Gasteiger partial charge < -0.3 is 9.47 Å². The highest BCUT2D eigenvalue weighted by atomic mass is 79.9. The Balaban J connectivity index is 1.71. The van der Waals surface area contributed by atoms with Gasteiger partial charge in [0.25, 0.3) is 0 Å². The molecule has 2 aromatic rings. The number of halogens is 2. The van der Waals surface area contributed by atoms with Gasteiger partial charge in [-0.1, -0.05) is 46.3 Å². The second-order valence-corrected chi connectivity index (χ2v) is 5.63. The zero-order valence-electron chi connectivity index (χ0n) is 10.3. The molecule has 0 saturated heterocycles. The third kappa shape index (κ3) is 4.64. The van der Waals surface area contributed by atoms with Crippen molar-refractivity contribution >= 4 is 31.9 Å². The van der Waals surface area contributed by atoms with E-state index in [1.165, 1.54) is 0 Å². The number of para-hydroxylation sites is 1. The van der Waals surface area contributed by atoms with Crippen LogP contribution in [0.1, 0.15) is 5.56 Å². The molecule has 0 saturated carbocycles. The first-order valence-electron chi connectivity index (χ1n) is 5.96. The summed E-state index contributed by atoms with van der Waals surface area (Å²) in [5.41, 5.74) is 1.14. The molecule has 0 atom stereocenters. The van der Waals surface area contributed by atoms with Crippen molar-refractivity contribution in [3.8, 4) is 5.75 Å². The molecule has 0 heterocycles. The maximum atomic E-state index is 5.62. The van der Waals surface area contributed by atoms with E-state index in [1.807, 2.05) is 48.5 Å². The van der Waals surface area contributed by atoms with E-state index in [2.05, 4.69) is 31.9 Å². The lowest BCUT2D eigenvalue weighted by atomic mass is 10.2. The van der Waals surface area contributed by atoms with Crippen LogP contribution in [0.4, 0.5) is 0 Å². The van der Waals surface area contributed by atoms with Crippen LogP contribution in [0.2, 0.25) is 0 Å². The van der Waals surface area contributed by atoms with Gasteiger partial charge in [-0.05, 0) is 39.7 Å². The third-order valence-electron chi connectivity index (χ3n) is 2.54. The highest BCUT2D eigenvalue weighted by molar-refractivity contribution is 9.10. The average molecular weight is 386 g/mol. The molecule has 100 valence electrons. The second kappa shape index (κ2) is 7.68. The normalized spacial score (nSPS) is 10.4. The van der Waals surface area contributed by atoms with Crippen molar-refractivity contribution < 1.29 is 9.47 Å². The van der Waals surface area contributed by atoms with E-state index in [4.69, 9.17) is 9.47 Å². The van der Waals surface area contributed by atoms with Gasteiger partial charge in [-0.2, -0.15) is 0 Å². The highest BCUT2D eigenvalue weighted by Crippen LogP contribution is 2.23. The summed E-state index contributed by atoms with van der Waals surface area (Å²) in [6.07, 6.45) is 0. The number of hydrogen-bond donors (Lipinski definition) is 0. The van der Waals surface area contributed by atoms with Crippen molar-refractivity contribution in [1.29, 1.82) is 0 Å². The summed E-state index contributed by atoms with van der Waals surface area (Å²) in [6, 6.07) is 15.8. The fraction of sp³-hybridized carbons (Fsp3) is 0.200. The van der Waals surface area contributed by atoms with E-state index in [9.17, 15) is 0 Å². The van der Waals surface area contributed by atoms with Crippen LogP contribution in [-0.4, -0.2) is 13.2 Å². The molecule has 2 rings (SSSR count). The van der Waals surface area contributed by atoms with Crippen LogP contribution in [0.5, 0.6) is 5.75 Å². The summed E-state index contributed by atoms with van der Waals surface area (Å²) in [4.78, 5) is 0. The third-order valence-corrected chi connectivity index (χ3v) is 3.97. The topological polar surface area (TPSA) is 18.5 Å². The largest absolute Gasteiger partial charge is 0.490 e. The molecule has 0 aromatic heterocycles. The monoisotopic (exact) mass is 384 g/mol. The van der Waals surface area contributed by atoms with Crippen LogP contribution < -0.4 is 4.74 Å². The summed E-state index contributed by atoms with van der Waals surface area (Å²) >= 11 is 6.93. The predicted molar refractivity (Wildman–Crippen MR) is 83.4 cm³/mol. The molecular weight excluding hydrogens is 372 g/mol. The number of benzene rings is 2. The Morgan fingerprint density at radius 2 is 1.47 bits per heavy atom. The first-order chi connectivity index (χ1) is 9.27. The molecular formula is C15H14Br2O2. The molecule has 0 amide bonds. The maximum absolute atomic E-state index is 5.62. The molecule has 19 heavy (non-hydrogen) atoms. The fourth-order valence-corrected chi connectivity index (χ4v) is 2.37. The Labute approximate surface area is 130 Å². The summed E-state index contributed by atoms with van der Waals surface area (Å²) in [5, 5.41) is 0. The van der Waals surface area contributed by atoms with Crippen LogP contribution in [0, 0.1) is 0 Å². The van der Waals surface area contributed by atoms with Crippen molar-refractivity contribution in [2.45, 2.75) is 6.61 Å². The molecule has 0 bridgehead atoms. The lowest BCUT2D eigenvalue weighted by molar-refractivity contribution is 0.0884. The molecule has 0 aliphatic heterocycles. The Kier molecular flexibility index (Phi) is 5.89. The Morgan fingerprint density at radius 1 is 0.789 bits per heavy atom. The minimum absolute atomic E-state index is 0.535. The van der Waals surface area contributed by atoms with Gasteiger partial charge in [-0.25, -0.2) is 0 Å². The number of ether oxygens (including phenoxy) is 2. The van der Waals surface area contributed by atoms with Gasteiger partial charge in [-0.3, -0.25) is 0 Å². The summed E-state index contributed by atoms with van der Waals surface area (Å²) < 4.78 is 13.2. The molecule has 2 aromatic carbocycles. The smallest absolute Gasteiger partial charge is 0.133 e. The number of rotatable bonds is 6. The SMILES string of the molecule is Brc1ccccc1COCCOc1ccccc1Br. The van der Waals surface area contributed by atoms with Crippen molar-refractivity contribution in [3.63, 3.8) is 0 Å². The molecule has 2 nitrogen and oxygen atoms in total. The molecule has 0 aliphatic carbocycles. The summed E-state index contributed by atoms with van der Waals surface area (Å²) in [7, 11) is 0. The number of hydrogen-bond acceptors (Lipinski definition) is 2. The lowest BCUT2D eigenvalue weighted by Gasteiger charge is -2.09. The molecule has 0 spiro atoms. The van der Waals surface area contributed by atoms with Crippen molar-refractivity contribution in [2.75, 3.05) is 13.2 Å². The van der Waals surface area contributed by atoms with Crippen molar-refractivity contribution in [1.82, 2.24) is 0 Å². The van der Waals surface area contributed by atoms with Crippen LogP contribution in [0.15, 0.2) is 57.5 Å². The molecule has 0 radical (unpaired) electrons. The van der Waals surface area contributed by atoms with Crippen molar-refractivity contribution in [2.24, 2.45) is 0 Å². The van der Waals surface area contributed by atoms with E-state index < -0.39 is 0 Å². The van der Waals surface area contributed by atoms with Gasteiger partial charge >= 0.3 is 0 Å². The van der Waals surface area contributed by atoms with E-state index >= 15 is 0 Å². The van der Waals surface area contributed by atoms with Crippen LogP contribution in [0.25, 0.3) is 0 Å². The average Bonchev–Trinajstić information content (AvgIpc) is 2.42. The molecule has 0 unspecified atom stereocenters. The lowest BCUT2D eigenvalue weighted by Crippen LogP contribution is -2.07. The Morgan fingerprint density at radius 3 is 2.21 bits per heavy atom. The fourth-order valence-electron chi connectivity index (χ4n) is 1.57. The molecule has 0 aliphatic rings. The molecule has 4 heteroatoms. The highest BCUT2D eigenvalue weighted by Gasteiger charge is 2.00. The summed E-state index contributed by atoms with van der Waals surface area (Å²) in [6.45, 7) is 1.68. The second-order valence-electron chi connectivity index (χ2n) is 3.92. The van der Waals surface area contributed by atoms with Gasteiger partial charge in [-0.15, -0.1) is 0 Å². The Bertz CT molecular complexity index is 482. The minimum atomic E-state index is 0.535. The van der Waals surface area contributed by atoms with E-state index in [1.54, 1.807) is 0 Å². The van der Waals surface area contributed by atoms with Crippen LogP contribution in [-0.2, 0) is 11.3 Å². The van der Waals surface area contributed by atoms with Crippen LogP contribution in [0.3, 0.4) is 0 Å². The Hall–Kier alpha value is -0.840. The van der Waals surface area contributed by atoms with Gasteiger partial charge in [0, 0.05) is 4.47 Å². The van der Waals surface area contributed by atoms with E-state index in [-0.39, 0.29) is 0 Å². The standard InChI is InChI=1S/C15H14Br2O2/c16-13-6-2-1-5-12(13)11-18-9-10-19-15-8-4-3-7-14(15)17/h1-8H,9-11H2. The van der Waals surface area contributed by atoms with E-state index in [0.29, 0.717) is 19.8 Å². The van der Waals surface area contributed by atoms with Gasteiger partial charge in [0.15, 0.2) is 0 Å². The quantitative estimate of drug-likeness (QED) is 0.664. The first-order valence-corrected chi connectivity index (χ1v) is 7.54. The van der Waals surface area contributed by atoms with Gasteiger partial charge in [0.2, 0.25) is 0 Å². The van der Waals surface area contributed by atoms with E-state index in [0.717, 1.165) is 20.3 Å². The van der Waals surface area contributed by atoms with Crippen molar-refractivity contribution in [3.05, 3.63) is 63.0 Å². The first kappa shape index (κ1) is 14.6. The van der Waals surface area contributed by atoms with Gasteiger partial charge in [0.05, 0.1) is 17.7 Å².